The fourth-order valence-electron chi connectivity index (χ4n) is 4.20. The van der Waals surface area contributed by atoms with E-state index in [0.717, 1.165) is 11.3 Å². The largest absolute Gasteiger partial charge is 0.360 e. The van der Waals surface area contributed by atoms with Gasteiger partial charge in [-0.3, -0.25) is 9.59 Å². The van der Waals surface area contributed by atoms with E-state index in [1.54, 1.807) is 11.3 Å². The number of hydrogen-bond donors (Lipinski definition) is 1. The number of likely N-dealkylation sites (tertiary alicyclic amines) is 1. The van der Waals surface area contributed by atoms with E-state index in [4.69, 9.17) is 4.74 Å². The van der Waals surface area contributed by atoms with Crippen molar-refractivity contribution in [2.75, 3.05) is 13.1 Å². The Morgan fingerprint density at radius 2 is 2.36 bits per heavy atom. The van der Waals surface area contributed by atoms with Gasteiger partial charge < -0.3 is 15.0 Å². The molecule has 4 rings (SSSR count). The maximum Gasteiger partial charge on any atom is 0.230 e. The van der Waals surface area contributed by atoms with E-state index in [-0.39, 0.29) is 23.8 Å². The number of carbonyl (C=O) groups excluding carboxylic acids is 2. The summed E-state index contributed by atoms with van der Waals surface area (Å²) in [6.07, 6.45) is 4.64. The van der Waals surface area contributed by atoms with Gasteiger partial charge in [0.15, 0.2) is 0 Å². The molecule has 5 nitrogen and oxygen atoms in total. The molecule has 2 unspecified atom stereocenters. The summed E-state index contributed by atoms with van der Waals surface area (Å²) >= 11 is 1.65. The number of ether oxygens (including phenoxy) is 1. The van der Waals surface area contributed by atoms with Crippen LogP contribution in [0, 0.1) is 17.8 Å². The first-order valence-corrected chi connectivity index (χ1v) is 9.84. The fourth-order valence-corrected chi connectivity index (χ4v) is 4.92. The maximum absolute atomic E-state index is 13.0. The lowest BCUT2D eigenvalue weighted by Crippen LogP contribution is -2.44. The SMILES string of the molecule is CC(C)CCNC(=O)C1[C@@H]2C=CC3(CN(Cc4cccs4)C(=O)[C@H]13)O2. The number of rotatable bonds is 6. The average Bonchev–Trinajstić information content (AvgIpc) is 3.30. The van der Waals surface area contributed by atoms with Gasteiger partial charge in [0.05, 0.1) is 31.0 Å². The monoisotopic (exact) mass is 360 g/mol. The van der Waals surface area contributed by atoms with Crippen LogP contribution in [-0.2, 0) is 20.9 Å². The Morgan fingerprint density at radius 3 is 3.08 bits per heavy atom. The average molecular weight is 360 g/mol. The molecule has 2 fully saturated rings. The van der Waals surface area contributed by atoms with Crippen molar-refractivity contribution < 1.29 is 14.3 Å². The van der Waals surface area contributed by atoms with Crippen molar-refractivity contribution in [3.63, 3.8) is 0 Å². The molecule has 6 heteroatoms. The van der Waals surface area contributed by atoms with Crippen LogP contribution < -0.4 is 5.32 Å². The Balaban J connectivity index is 1.49. The molecule has 4 atom stereocenters. The lowest BCUT2D eigenvalue weighted by Gasteiger charge is -2.23. The molecule has 0 aliphatic carbocycles. The van der Waals surface area contributed by atoms with Crippen LogP contribution in [0.15, 0.2) is 29.7 Å². The van der Waals surface area contributed by atoms with Crippen LogP contribution in [0.4, 0.5) is 0 Å². The molecule has 1 aromatic rings. The lowest BCUT2D eigenvalue weighted by molar-refractivity contribution is -0.137. The molecule has 0 radical (unpaired) electrons. The topological polar surface area (TPSA) is 58.6 Å². The summed E-state index contributed by atoms with van der Waals surface area (Å²) in [7, 11) is 0. The molecule has 0 aromatic carbocycles. The van der Waals surface area contributed by atoms with Gasteiger partial charge in [0.2, 0.25) is 11.8 Å². The third-order valence-electron chi connectivity index (χ3n) is 5.43. The van der Waals surface area contributed by atoms with Crippen LogP contribution in [0.5, 0.6) is 0 Å². The summed E-state index contributed by atoms with van der Waals surface area (Å²) in [4.78, 5) is 28.8. The van der Waals surface area contributed by atoms with Crippen LogP contribution in [0.1, 0.15) is 25.1 Å². The first-order chi connectivity index (χ1) is 12.0. The number of nitrogens with zero attached hydrogens (tertiary/aromatic N) is 1. The number of hydrogen-bond acceptors (Lipinski definition) is 4. The van der Waals surface area contributed by atoms with Gasteiger partial charge >= 0.3 is 0 Å². The molecule has 1 aromatic heterocycles. The second-order valence-electron chi connectivity index (χ2n) is 7.65. The molecule has 3 aliphatic heterocycles. The van der Waals surface area contributed by atoms with Crippen LogP contribution in [0.2, 0.25) is 0 Å². The number of nitrogens with one attached hydrogen (secondary N) is 1. The van der Waals surface area contributed by atoms with E-state index in [1.165, 1.54) is 0 Å². The van der Waals surface area contributed by atoms with Crippen molar-refractivity contribution in [2.45, 2.75) is 38.5 Å². The first kappa shape index (κ1) is 16.8. The van der Waals surface area contributed by atoms with Crippen LogP contribution in [0.25, 0.3) is 0 Å². The zero-order valence-electron chi connectivity index (χ0n) is 14.6. The minimum Gasteiger partial charge on any atom is -0.360 e. The van der Waals surface area contributed by atoms with Crippen molar-refractivity contribution >= 4 is 23.2 Å². The Hall–Kier alpha value is -1.66. The van der Waals surface area contributed by atoms with Crippen LogP contribution in [0.3, 0.4) is 0 Å². The van der Waals surface area contributed by atoms with E-state index < -0.39 is 11.5 Å². The van der Waals surface area contributed by atoms with Crippen LogP contribution >= 0.6 is 11.3 Å². The summed E-state index contributed by atoms with van der Waals surface area (Å²) < 4.78 is 6.13. The number of thiophene rings is 1. The van der Waals surface area contributed by atoms with Gasteiger partial charge in [0, 0.05) is 11.4 Å². The summed E-state index contributed by atoms with van der Waals surface area (Å²) in [5.74, 6) is -0.255. The highest BCUT2D eigenvalue weighted by Crippen LogP contribution is 2.52. The molecular formula is C19H24N2O3S. The molecular weight excluding hydrogens is 336 g/mol. The number of amides is 2. The predicted octanol–water partition coefficient (Wildman–Crippen LogP) is 2.19. The zero-order valence-corrected chi connectivity index (χ0v) is 15.4. The van der Waals surface area contributed by atoms with Gasteiger partial charge in [-0.1, -0.05) is 32.1 Å². The van der Waals surface area contributed by atoms with Gasteiger partial charge in [0.25, 0.3) is 0 Å². The van der Waals surface area contributed by atoms with Crippen LogP contribution in [-0.4, -0.2) is 41.5 Å². The third-order valence-corrected chi connectivity index (χ3v) is 6.29. The summed E-state index contributed by atoms with van der Waals surface area (Å²) in [6, 6.07) is 4.03. The second kappa shape index (κ2) is 6.25. The van der Waals surface area contributed by atoms with E-state index in [9.17, 15) is 9.59 Å². The molecule has 2 bridgehead atoms. The maximum atomic E-state index is 13.0. The lowest BCUT2D eigenvalue weighted by atomic mass is 9.77. The van der Waals surface area contributed by atoms with Gasteiger partial charge in [-0.2, -0.15) is 0 Å². The Bertz CT molecular complexity index is 700. The van der Waals surface area contributed by atoms with Gasteiger partial charge in [0.1, 0.15) is 5.60 Å². The molecule has 25 heavy (non-hydrogen) atoms. The zero-order chi connectivity index (χ0) is 17.6. The summed E-state index contributed by atoms with van der Waals surface area (Å²) in [5.41, 5.74) is -0.612. The van der Waals surface area contributed by atoms with Crippen molar-refractivity contribution in [1.82, 2.24) is 10.2 Å². The highest BCUT2D eigenvalue weighted by molar-refractivity contribution is 7.09. The Labute approximate surface area is 152 Å². The van der Waals surface area contributed by atoms with E-state index in [0.29, 0.717) is 25.6 Å². The Morgan fingerprint density at radius 1 is 1.52 bits per heavy atom. The summed E-state index contributed by atoms with van der Waals surface area (Å²) in [5, 5.41) is 5.03. The first-order valence-electron chi connectivity index (χ1n) is 8.96. The predicted molar refractivity (Wildman–Crippen MR) is 95.9 cm³/mol. The second-order valence-corrected chi connectivity index (χ2v) is 8.68. The normalized spacial score (nSPS) is 32.7. The fraction of sp³-hybridized carbons (Fsp3) is 0.579. The third kappa shape index (κ3) is 2.81. The van der Waals surface area contributed by atoms with Gasteiger partial charge in [-0.05, 0) is 23.8 Å². The highest BCUT2D eigenvalue weighted by Gasteiger charge is 2.66. The molecule has 3 aliphatic rings. The highest BCUT2D eigenvalue weighted by atomic mass is 32.1. The minimum absolute atomic E-state index is 0.0456. The van der Waals surface area contributed by atoms with Gasteiger partial charge in [-0.25, -0.2) is 0 Å². The van der Waals surface area contributed by atoms with Gasteiger partial charge in [-0.15, -0.1) is 11.3 Å². The van der Waals surface area contributed by atoms with Crippen molar-refractivity contribution in [3.8, 4) is 0 Å². The summed E-state index contributed by atoms with van der Waals surface area (Å²) in [6.45, 7) is 6.05. The van der Waals surface area contributed by atoms with E-state index in [2.05, 4.69) is 19.2 Å². The molecule has 134 valence electrons. The molecule has 1 N–H and O–H groups in total. The molecule has 2 saturated heterocycles. The quantitative estimate of drug-likeness (QED) is 0.791. The molecule has 0 saturated carbocycles. The van der Waals surface area contributed by atoms with E-state index in [1.807, 2.05) is 34.6 Å². The minimum atomic E-state index is -0.612. The van der Waals surface area contributed by atoms with Crippen molar-refractivity contribution in [3.05, 3.63) is 34.5 Å². The molecule has 2 amide bonds. The number of carbonyl (C=O) groups is 2. The number of fused-ring (bicyclic) bond motifs is 1. The molecule has 1 spiro atoms. The van der Waals surface area contributed by atoms with E-state index >= 15 is 0 Å². The van der Waals surface area contributed by atoms with Crippen molar-refractivity contribution in [1.29, 1.82) is 0 Å². The smallest absolute Gasteiger partial charge is 0.230 e. The van der Waals surface area contributed by atoms with Crippen molar-refractivity contribution in [2.24, 2.45) is 17.8 Å². The molecule has 4 heterocycles. The Kier molecular flexibility index (Phi) is 4.20. The standard InChI is InChI=1S/C19H24N2O3S/c1-12(2)6-8-20-17(22)15-14-5-7-19(24-14)11-21(18(23)16(15)19)10-13-4-3-9-25-13/h3-5,7,9,12,14-16H,6,8,10-11H2,1-2H3,(H,20,22)/t14-,15?,16-,19?/m0/s1.